The first-order valence-corrected chi connectivity index (χ1v) is 7.30. The number of likely N-dealkylation sites (N-methyl/N-ethyl adjacent to an activating group) is 1. The molecular formula is C13H21N3OS. The van der Waals surface area contributed by atoms with Crippen LogP contribution in [0, 0.1) is 0 Å². The number of hydrogen-bond acceptors (Lipinski definition) is 4. The summed E-state index contributed by atoms with van der Waals surface area (Å²) in [6.07, 6.45) is 2.22. The van der Waals surface area contributed by atoms with Crippen molar-refractivity contribution in [2.24, 2.45) is 0 Å². The maximum Gasteiger partial charge on any atom is 0.236 e. The predicted octanol–water partition coefficient (Wildman–Crippen LogP) is 1.71. The summed E-state index contributed by atoms with van der Waals surface area (Å²) in [7, 11) is 3.63. The average Bonchev–Trinajstić information content (AvgIpc) is 2.84. The Morgan fingerprint density at radius 1 is 1.50 bits per heavy atom. The van der Waals surface area contributed by atoms with E-state index >= 15 is 0 Å². The number of amides is 1. The van der Waals surface area contributed by atoms with Crippen LogP contribution in [0.4, 0.5) is 5.69 Å². The van der Waals surface area contributed by atoms with Crippen LogP contribution in [0.15, 0.2) is 16.8 Å². The van der Waals surface area contributed by atoms with E-state index in [9.17, 15) is 4.79 Å². The zero-order chi connectivity index (χ0) is 13.0. The fraction of sp³-hybridized carbons (Fsp3) is 0.615. The van der Waals surface area contributed by atoms with Gasteiger partial charge in [-0.25, -0.2) is 0 Å². The topological polar surface area (TPSA) is 35.6 Å². The number of nitrogens with one attached hydrogen (secondary N) is 1. The zero-order valence-electron chi connectivity index (χ0n) is 11.1. The molecule has 5 heteroatoms. The van der Waals surface area contributed by atoms with Gasteiger partial charge in [0.25, 0.3) is 0 Å². The summed E-state index contributed by atoms with van der Waals surface area (Å²) >= 11 is 1.72. The molecule has 0 atom stereocenters. The van der Waals surface area contributed by atoms with E-state index in [4.69, 9.17) is 0 Å². The molecule has 1 aromatic rings. The molecule has 1 aliphatic rings. The molecule has 4 nitrogen and oxygen atoms in total. The lowest BCUT2D eigenvalue weighted by Crippen LogP contribution is -2.43. The van der Waals surface area contributed by atoms with Crippen LogP contribution in [0.3, 0.4) is 0 Å². The van der Waals surface area contributed by atoms with Crippen LogP contribution in [-0.2, 0) is 4.79 Å². The number of rotatable bonds is 4. The van der Waals surface area contributed by atoms with Gasteiger partial charge in [-0.2, -0.15) is 11.3 Å². The van der Waals surface area contributed by atoms with Gasteiger partial charge in [0.1, 0.15) is 0 Å². The molecule has 18 heavy (non-hydrogen) atoms. The van der Waals surface area contributed by atoms with E-state index in [1.54, 1.807) is 16.2 Å². The lowest BCUT2D eigenvalue weighted by atomic mass is 10.0. The van der Waals surface area contributed by atoms with Crippen molar-refractivity contribution in [1.82, 2.24) is 9.80 Å². The fourth-order valence-corrected chi connectivity index (χ4v) is 2.75. The maximum absolute atomic E-state index is 11.6. The lowest BCUT2D eigenvalue weighted by Gasteiger charge is -2.32. The Labute approximate surface area is 113 Å². The van der Waals surface area contributed by atoms with E-state index in [1.165, 1.54) is 5.69 Å². The summed E-state index contributed by atoms with van der Waals surface area (Å²) in [5.74, 6) is 0.194. The van der Waals surface area contributed by atoms with E-state index in [0.717, 1.165) is 25.9 Å². The quantitative estimate of drug-likeness (QED) is 0.902. The van der Waals surface area contributed by atoms with Gasteiger partial charge in [-0.1, -0.05) is 0 Å². The standard InChI is InChI=1S/C13H21N3OS/c1-15(2)13(17)9-16-6-3-11(4-7-16)14-12-5-8-18-10-12/h5,8,10-11,14H,3-4,6-7,9H2,1-2H3. The average molecular weight is 267 g/mol. The van der Waals surface area contributed by atoms with Gasteiger partial charge in [-0.15, -0.1) is 0 Å². The highest BCUT2D eigenvalue weighted by molar-refractivity contribution is 7.08. The third-order valence-electron chi connectivity index (χ3n) is 3.34. The summed E-state index contributed by atoms with van der Waals surface area (Å²) in [5.41, 5.74) is 1.22. The molecule has 0 bridgehead atoms. The minimum Gasteiger partial charge on any atom is -0.382 e. The minimum absolute atomic E-state index is 0.194. The highest BCUT2D eigenvalue weighted by atomic mass is 32.1. The summed E-state index contributed by atoms with van der Waals surface area (Å²) in [4.78, 5) is 15.5. The van der Waals surface area contributed by atoms with Crippen molar-refractivity contribution < 1.29 is 4.79 Å². The largest absolute Gasteiger partial charge is 0.382 e. The van der Waals surface area contributed by atoms with E-state index in [1.807, 2.05) is 14.1 Å². The summed E-state index contributed by atoms with van der Waals surface area (Å²) < 4.78 is 0. The van der Waals surface area contributed by atoms with Crippen molar-refractivity contribution in [3.8, 4) is 0 Å². The zero-order valence-corrected chi connectivity index (χ0v) is 11.9. The highest BCUT2D eigenvalue weighted by Crippen LogP contribution is 2.18. The van der Waals surface area contributed by atoms with Gasteiger partial charge in [0.2, 0.25) is 5.91 Å². The van der Waals surface area contributed by atoms with Gasteiger partial charge in [0, 0.05) is 44.3 Å². The second kappa shape index (κ2) is 6.20. The first-order valence-electron chi connectivity index (χ1n) is 6.36. The number of nitrogens with zero attached hydrogens (tertiary/aromatic N) is 2. The Balaban J connectivity index is 1.73. The van der Waals surface area contributed by atoms with Crippen LogP contribution in [0.2, 0.25) is 0 Å². The van der Waals surface area contributed by atoms with E-state index < -0.39 is 0 Å². The van der Waals surface area contributed by atoms with Crippen molar-refractivity contribution in [3.05, 3.63) is 16.8 Å². The third kappa shape index (κ3) is 3.71. The second-order valence-electron chi connectivity index (χ2n) is 4.99. The molecule has 0 aromatic carbocycles. The maximum atomic E-state index is 11.6. The molecule has 0 spiro atoms. The Bertz CT molecular complexity index is 370. The normalized spacial score (nSPS) is 17.7. The molecular weight excluding hydrogens is 246 g/mol. The summed E-state index contributed by atoms with van der Waals surface area (Å²) in [5, 5.41) is 7.78. The third-order valence-corrected chi connectivity index (χ3v) is 4.02. The first-order chi connectivity index (χ1) is 8.65. The van der Waals surface area contributed by atoms with E-state index in [2.05, 4.69) is 27.0 Å². The monoisotopic (exact) mass is 267 g/mol. The molecule has 0 unspecified atom stereocenters. The number of anilines is 1. The van der Waals surface area contributed by atoms with E-state index in [-0.39, 0.29) is 5.91 Å². The molecule has 2 rings (SSSR count). The van der Waals surface area contributed by atoms with Crippen molar-refractivity contribution in [3.63, 3.8) is 0 Å². The first kappa shape index (κ1) is 13.4. The molecule has 0 radical (unpaired) electrons. The SMILES string of the molecule is CN(C)C(=O)CN1CCC(Nc2ccsc2)CC1. The Hall–Kier alpha value is -1.07. The minimum atomic E-state index is 0.194. The Morgan fingerprint density at radius 2 is 2.22 bits per heavy atom. The lowest BCUT2D eigenvalue weighted by molar-refractivity contribution is -0.130. The summed E-state index contributed by atoms with van der Waals surface area (Å²) in [6, 6.07) is 2.66. The van der Waals surface area contributed by atoms with Gasteiger partial charge in [0.15, 0.2) is 0 Å². The number of piperidine rings is 1. The molecule has 1 aliphatic heterocycles. The van der Waals surface area contributed by atoms with Crippen LogP contribution < -0.4 is 5.32 Å². The van der Waals surface area contributed by atoms with Crippen LogP contribution >= 0.6 is 11.3 Å². The molecule has 1 saturated heterocycles. The van der Waals surface area contributed by atoms with Crippen molar-refractivity contribution in [2.75, 3.05) is 39.0 Å². The number of carbonyl (C=O) groups is 1. The molecule has 1 aromatic heterocycles. The fourth-order valence-electron chi connectivity index (χ4n) is 2.15. The second-order valence-corrected chi connectivity index (χ2v) is 5.77. The number of likely N-dealkylation sites (tertiary alicyclic amines) is 1. The molecule has 0 aliphatic carbocycles. The molecule has 0 saturated carbocycles. The van der Waals surface area contributed by atoms with Crippen LogP contribution in [-0.4, -0.2) is 55.5 Å². The van der Waals surface area contributed by atoms with Crippen molar-refractivity contribution >= 4 is 22.9 Å². The highest BCUT2D eigenvalue weighted by Gasteiger charge is 2.21. The van der Waals surface area contributed by atoms with Gasteiger partial charge in [-0.3, -0.25) is 9.69 Å². The molecule has 1 fully saturated rings. The Morgan fingerprint density at radius 3 is 2.78 bits per heavy atom. The van der Waals surface area contributed by atoms with Crippen LogP contribution in [0.25, 0.3) is 0 Å². The molecule has 1 N–H and O–H groups in total. The predicted molar refractivity (Wildman–Crippen MR) is 76.1 cm³/mol. The van der Waals surface area contributed by atoms with Gasteiger partial charge < -0.3 is 10.2 Å². The Kier molecular flexibility index (Phi) is 4.60. The van der Waals surface area contributed by atoms with E-state index in [0.29, 0.717) is 12.6 Å². The molecule has 1 amide bonds. The molecule has 100 valence electrons. The van der Waals surface area contributed by atoms with Crippen LogP contribution in [0.1, 0.15) is 12.8 Å². The summed E-state index contributed by atoms with van der Waals surface area (Å²) in [6.45, 7) is 2.56. The molecule has 2 heterocycles. The van der Waals surface area contributed by atoms with Crippen molar-refractivity contribution in [1.29, 1.82) is 0 Å². The van der Waals surface area contributed by atoms with Gasteiger partial charge in [-0.05, 0) is 24.3 Å². The number of hydrogen-bond donors (Lipinski definition) is 1. The number of carbonyl (C=O) groups excluding carboxylic acids is 1. The van der Waals surface area contributed by atoms with Gasteiger partial charge >= 0.3 is 0 Å². The number of thiophene rings is 1. The van der Waals surface area contributed by atoms with Crippen LogP contribution in [0.5, 0.6) is 0 Å². The smallest absolute Gasteiger partial charge is 0.236 e. The van der Waals surface area contributed by atoms with Gasteiger partial charge in [0.05, 0.1) is 6.54 Å². The van der Waals surface area contributed by atoms with Crippen molar-refractivity contribution in [2.45, 2.75) is 18.9 Å².